The number of nitrogens with zero attached hydrogens (tertiary/aromatic N) is 3. The van der Waals surface area contributed by atoms with Crippen LogP contribution < -0.4 is 9.62 Å². The first kappa shape index (κ1) is 31.2. The summed E-state index contributed by atoms with van der Waals surface area (Å²) >= 11 is 0. The van der Waals surface area contributed by atoms with Gasteiger partial charge in [0.05, 0.1) is 15.5 Å². The summed E-state index contributed by atoms with van der Waals surface area (Å²) in [4.78, 5) is 39.0. The van der Waals surface area contributed by atoms with E-state index < -0.39 is 45.2 Å². The minimum atomic E-state index is -4.30. The Bertz CT molecular complexity index is 1450. The van der Waals surface area contributed by atoms with E-state index in [1.165, 1.54) is 65.6 Å². The van der Waals surface area contributed by atoms with Crippen molar-refractivity contribution in [2.24, 2.45) is 0 Å². The highest BCUT2D eigenvalue weighted by molar-refractivity contribution is 7.92. The minimum absolute atomic E-state index is 0.0339. The SMILES string of the molecule is CC[C@H](C)NC(=O)[C@H](CC)N(Cc1ccc(F)cc1)C(=O)CN(c1ccc([N+](=O)[O-])cc1)S(=O)(=O)c1ccccc1. The molecule has 0 bridgehead atoms. The number of hydrogen-bond donors (Lipinski definition) is 1. The molecule has 0 aliphatic rings. The van der Waals surface area contributed by atoms with E-state index in [2.05, 4.69) is 5.32 Å². The predicted octanol–water partition coefficient (Wildman–Crippen LogP) is 4.65. The van der Waals surface area contributed by atoms with Crippen molar-refractivity contribution in [2.75, 3.05) is 10.8 Å². The Morgan fingerprint density at radius 1 is 0.951 bits per heavy atom. The van der Waals surface area contributed by atoms with Crippen LogP contribution in [0.5, 0.6) is 0 Å². The van der Waals surface area contributed by atoms with Crippen LogP contribution in [0.4, 0.5) is 15.8 Å². The number of sulfonamides is 1. The first-order valence-electron chi connectivity index (χ1n) is 13.1. The van der Waals surface area contributed by atoms with Crippen LogP contribution in [-0.2, 0) is 26.2 Å². The van der Waals surface area contributed by atoms with Gasteiger partial charge in [-0.05, 0) is 61.7 Å². The minimum Gasteiger partial charge on any atom is -0.352 e. The Hall–Kier alpha value is -4.32. The van der Waals surface area contributed by atoms with Gasteiger partial charge in [-0.1, -0.05) is 44.2 Å². The second-order valence-electron chi connectivity index (χ2n) is 9.49. The van der Waals surface area contributed by atoms with E-state index in [1.807, 2.05) is 13.8 Å². The quantitative estimate of drug-likeness (QED) is 0.230. The van der Waals surface area contributed by atoms with Crippen LogP contribution in [0.25, 0.3) is 0 Å². The number of carbonyl (C=O) groups is 2. The lowest BCUT2D eigenvalue weighted by atomic mass is 10.1. The highest BCUT2D eigenvalue weighted by Gasteiger charge is 2.34. The van der Waals surface area contributed by atoms with Crippen LogP contribution in [0.2, 0.25) is 0 Å². The van der Waals surface area contributed by atoms with Crippen molar-refractivity contribution in [2.45, 2.75) is 57.1 Å². The van der Waals surface area contributed by atoms with Crippen molar-refractivity contribution < 1.29 is 27.3 Å². The van der Waals surface area contributed by atoms with Gasteiger partial charge in [-0.2, -0.15) is 0 Å². The smallest absolute Gasteiger partial charge is 0.269 e. The summed E-state index contributed by atoms with van der Waals surface area (Å²) in [6.45, 7) is 4.71. The van der Waals surface area contributed by atoms with Crippen molar-refractivity contribution in [1.82, 2.24) is 10.2 Å². The van der Waals surface area contributed by atoms with Crippen LogP contribution in [0.1, 0.15) is 39.2 Å². The summed E-state index contributed by atoms with van der Waals surface area (Å²) in [5, 5.41) is 14.1. The molecule has 218 valence electrons. The molecule has 0 aliphatic heterocycles. The first-order valence-corrected chi connectivity index (χ1v) is 14.6. The molecule has 0 aromatic heterocycles. The van der Waals surface area contributed by atoms with Gasteiger partial charge in [0, 0.05) is 24.7 Å². The fourth-order valence-electron chi connectivity index (χ4n) is 4.14. The molecule has 2 amide bonds. The number of nitrogens with one attached hydrogen (secondary N) is 1. The number of nitro benzene ring substituents is 1. The molecule has 1 N–H and O–H groups in total. The van der Waals surface area contributed by atoms with Gasteiger partial charge < -0.3 is 10.2 Å². The number of rotatable bonds is 13. The normalized spacial score (nSPS) is 12.7. The molecule has 0 saturated carbocycles. The number of halogens is 1. The first-order chi connectivity index (χ1) is 19.5. The van der Waals surface area contributed by atoms with Crippen LogP contribution in [0.15, 0.2) is 83.8 Å². The van der Waals surface area contributed by atoms with Gasteiger partial charge in [0.1, 0.15) is 18.4 Å². The summed E-state index contributed by atoms with van der Waals surface area (Å²) in [5.74, 6) is -1.55. The number of non-ortho nitro benzene ring substituents is 1. The van der Waals surface area contributed by atoms with Crippen LogP contribution in [0, 0.1) is 15.9 Å². The molecule has 0 heterocycles. The van der Waals surface area contributed by atoms with E-state index in [9.17, 15) is 32.5 Å². The highest BCUT2D eigenvalue weighted by atomic mass is 32.2. The van der Waals surface area contributed by atoms with Crippen LogP contribution in [0.3, 0.4) is 0 Å². The number of benzene rings is 3. The molecule has 0 saturated heterocycles. The van der Waals surface area contributed by atoms with Gasteiger partial charge in [-0.15, -0.1) is 0 Å². The number of amides is 2. The summed E-state index contributed by atoms with van der Waals surface area (Å²) in [6.07, 6.45) is 0.898. The predicted molar refractivity (Wildman–Crippen MR) is 153 cm³/mol. The molecule has 12 heteroatoms. The summed E-state index contributed by atoms with van der Waals surface area (Å²) in [6, 6.07) is 16.6. The Kier molecular flexibility index (Phi) is 10.5. The molecule has 0 aliphatic carbocycles. The van der Waals surface area contributed by atoms with E-state index in [0.717, 1.165) is 16.4 Å². The Labute approximate surface area is 239 Å². The molecule has 3 aromatic rings. The largest absolute Gasteiger partial charge is 0.352 e. The van der Waals surface area contributed by atoms with E-state index in [4.69, 9.17) is 0 Å². The van der Waals surface area contributed by atoms with Crippen LogP contribution >= 0.6 is 0 Å². The molecule has 10 nitrogen and oxygen atoms in total. The van der Waals surface area contributed by atoms with E-state index in [0.29, 0.717) is 12.0 Å². The van der Waals surface area contributed by atoms with E-state index in [1.54, 1.807) is 13.0 Å². The Morgan fingerprint density at radius 2 is 1.56 bits per heavy atom. The van der Waals surface area contributed by atoms with Gasteiger partial charge in [0.2, 0.25) is 11.8 Å². The van der Waals surface area contributed by atoms with Gasteiger partial charge >= 0.3 is 0 Å². The number of carbonyl (C=O) groups excluding carboxylic acids is 2. The van der Waals surface area contributed by atoms with Crippen molar-refractivity contribution in [3.05, 3.63) is 100 Å². The van der Waals surface area contributed by atoms with E-state index in [-0.39, 0.29) is 35.3 Å². The number of hydrogen-bond acceptors (Lipinski definition) is 6. The van der Waals surface area contributed by atoms with Gasteiger partial charge in [0.15, 0.2) is 0 Å². The maximum Gasteiger partial charge on any atom is 0.269 e. The zero-order chi connectivity index (χ0) is 30.2. The third-order valence-corrected chi connectivity index (χ3v) is 8.40. The van der Waals surface area contributed by atoms with Crippen molar-refractivity contribution in [1.29, 1.82) is 0 Å². The summed E-state index contributed by atoms with van der Waals surface area (Å²) in [5.41, 5.74) is 0.330. The maximum absolute atomic E-state index is 14.0. The van der Waals surface area contributed by atoms with Crippen molar-refractivity contribution in [3.63, 3.8) is 0 Å². The molecule has 41 heavy (non-hydrogen) atoms. The Balaban J connectivity index is 2.06. The monoisotopic (exact) mass is 584 g/mol. The standard InChI is InChI=1S/C29H33FN4O6S/c1-4-21(3)31-29(36)27(5-2)32(19-22-11-13-23(30)14-12-22)28(35)20-33(24-15-17-25(18-16-24)34(37)38)41(39,40)26-9-7-6-8-10-26/h6-18,21,27H,4-5,19-20H2,1-3H3,(H,31,36)/t21-,27-/m0/s1. The molecule has 0 spiro atoms. The Morgan fingerprint density at radius 3 is 2.10 bits per heavy atom. The van der Waals surface area contributed by atoms with Gasteiger partial charge in [-0.3, -0.25) is 24.0 Å². The van der Waals surface area contributed by atoms with Gasteiger partial charge in [-0.25, -0.2) is 12.8 Å². The molecule has 0 radical (unpaired) electrons. The number of anilines is 1. The highest BCUT2D eigenvalue weighted by Crippen LogP contribution is 2.26. The molecule has 0 fully saturated rings. The number of nitro groups is 1. The second-order valence-corrected chi connectivity index (χ2v) is 11.4. The third-order valence-electron chi connectivity index (χ3n) is 6.61. The third kappa shape index (κ3) is 7.88. The average molecular weight is 585 g/mol. The zero-order valence-electron chi connectivity index (χ0n) is 23.1. The topological polar surface area (TPSA) is 130 Å². The lowest BCUT2D eigenvalue weighted by molar-refractivity contribution is -0.384. The van der Waals surface area contributed by atoms with Crippen LogP contribution in [-0.4, -0.2) is 48.7 Å². The summed E-state index contributed by atoms with van der Waals surface area (Å²) in [7, 11) is -4.30. The zero-order valence-corrected chi connectivity index (χ0v) is 23.9. The lowest BCUT2D eigenvalue weighted by Gasteiger charge is -2.33. The molecule has 2 atom stereocenters. The lowest BCUT2D eigenvalue weighted by Crippen LogP contribution is -2.53. The van der Waals surface area contributed by atoms with Crippen molar-refractivity contribution in [3.8, 4) is 0 Å². The van der Waals surface area contributed by atoms with E-state index >= 15 is 0 Å². The molecule has 0 unspecified atom stereocenters. The second kappa shape index (κ2) is 13.8. The molecular formula is C29H33FN4O6S. The maximum atomic E-state index is 14.0. The fourth-order valence-corrected chi connectivity index (χ4v) is 5.57. The molecule has 3 rings (SSSR count). The fraction of sp³-hybridized carbons (Fsp3) is 0.310. The summed E-state index contributed by atoms with van der Waals surface area (Å²) < 4.78 is 42.0. The van der Waals surface area contributed by atoms with Crippen molar-refractivity contribution >= 4 is 33.2 Å². The molecular weight excluding hydrogens is 551 g/mol. The molecule has 3 aromatic carbocycles. The average Bonchev–Trinajstić information content (AvgIpc) is 2.97. The van der Waals surface area contributed by atoms with Gasteiger partial charge in [0.25, 0.3) is 15.7 Å².